The van der Waals surface area contributed by atoms with Gasteiger partial charge in [0.15, 0.2) is 5.70 Å². The van der Waals surface area contributed by atoms with Crippen LogP contribution in [0.2, 0.25) is 0 Å². The quantitative estimate of drug-likeness (QED) is 0.126. The Balaban J connectivity index is 1.89. The topological polar surface area (TPSA) is 107 Å². The second-order valence-corrected chi connectivity index (χ2v) is 7.56. The minimum Gasteiger partial charge on any atom is -0.461 e. The number of hydrogen-bond acceptors (Lipinski definition) is 7. The number of hydrogen-bond donors (Lipinski definition) is 0. The fourth-order valence-corrected chi connectivity index (χ4v) is 2.94. The first kappa shape index (κ1) is 25.0. The summed E-state index contributed by atoms with van der Waals surface area (Å²) in [6.45, 7) is 5.82. The van der Waals surface area contributed by atoms with Crippen molar-refractivity contribution in [2.45, 2.75) is 20.8 Å². The summed E-state index contributed by atoms with van der Waals surface area (Å²) < 4.78 is 5.14. The van der Waals surface area contributed by atoms with Gasteiger partial charge in [0.25, 0.3) is 5.69 Å². The Labute approximate surface area is 203 Å². The standard InChI is InChI=1S/C27H24N4O4/c1-4-35-27(32)26(30-18-29-23-10-5-19(2)6-11-23)16-22-15-24(12-7-20(22)3)28-17-21-8-13-25(14-9-21)31(33)34/h5-17H,4H2,1-3H3/b26-16-,28-17?. The first-order chi connectivity index (χ1) is 16.9. The molecule has 0 atom stereocenters. The van der Waals surface area contributed by atoms with Gasteiger partial charge in [0.05, 0.1) is 22.9 Å². The van der Waals surface area contributed by atoms with Crippen molar-refractivity contribution in [2.24, 2.45) is 15.0 Å². The number of rotatable bonds is 8. The average Bonchev–Trinajstić information content (AvgIpc) is 2.85. The molecule has 0 aliphatic rings. The summed E-state index contributed by atoms with van der Waals surface area (Å²) in [7, 11) is 0. The number of nitro groups is 1. The Morgan fingerprint density at radius 1 is 1.03 bits per heavy atom. The van der Waals surface area contributed by atoms with Gasteiger partial charge in [0.1, 0.15) is 6.01 Å². The van der Waals surface area contributed by atoms with Crippen molar-refractivity contribution in [1.29, 1.82) is 0 Å². The summed E-state index contributed by atoms with van der Waals surface area (Å²) in [5.74, 6) is -0.585. The monoisotopic (exact) mass is 468 g/mol. The number of carbonyl (C=O) groups excluding carboxylic acids is 1. The molecule has 8 heteroatoms. The van der Waals surface area contributed by atoms with Gasteiger partial charge in [-0.05, 0) is 79.9 Å². The Morgan fingerprint density at radius 3 is 2.37 bits per heavy atom. The van der Waals surface area contributed by atoms with Gasteiger partial charge >= 0.3 is 5.97 Å². The van der Waals surface area contributed by atoms with E-state index >= 15 is 0 Å². The minimum absolute atomic E-state index is 0.0166. The fraction of sp³-hybridized carbons (Fsp3) is 0.148. The summed E-state index contributed by atoms with van der Waals surface area (Å²) in [6.07, 6.45) is 3.22. The zero-order valence-corrected chi connectivity index (χ0v) is 19.6. The summed E-state index contributed by atoms with van der Waals surface area (Å²) in [4.78, 5) is 35.6. The molecule has 0 amide bonds. The largest absolute Gasteiger partial charge is 0.461 e. The number of aryl methyl sites for hydroxylation is 2. The van der Waals surface area contributed by atoms with Crippen molar-refractivity contribution < 1.29 is 14.5 Å². The van der Waals surface area contributed by atoms with Gasteiger partial charge in [-0.25, -0.2) is 4.79 Å². The highest BCUT2D eigenvalue weighted by Crippen LogP contribution is 2.22. The molecule has 0 N–H and O–H groups in total. The molecule has 3 aromatic carbocycles. The Kier molecular flexibility index (Phi) is 8.53. The van der Waals surface area contributed by atoms with Gasteiger partial charge in [-0.15, -0.1) is 0 Å². The molecule has 0 fully saturated rings. The lowest BCUT2D eigenvalue weighted by atomic mass is 10.1. The molecule has 0 saturated carbocycles. The van der Waals surface area contributed by atoms with E-state index in [1.54, 1.807) is 31.3 Å². The fourth-order valence-electron chi connectivity index (χ4n) is 2.94. The number of ether oxygens (including phenoxy) is 1. The zero-order valence-electron chi connectivity index (χ0n) is 19.6. The third kappa shape index (κ3) is 7.42. The Hall–Kier alpha value is -4.68. The molecule has 3 rings (SSSR count). The number of nitrogens with zero attached hydrogens (tertiary/aromatic N) is 4. The number of aliphatic imine (C=N–C) groups is 3. The lowest BCUT2D eigenvalue weighted by Crippen LogP contribution is -2.06. The molecular weight excluding hydrogens is 444 g/mol. The van der Waals surface area contributed by atoms with Crippen molar-refractivity contribution in [3.05, 3.63) is 105 Å². The molecular formula is C27H24N4O4. The second-order valence-electron chi connectivity index (χ2n) is 7.56. The van der Waals surface area contributed by atoms with Crippen LogP contribution in [0.1, 0.15) is 29.2 Å². The maximum atomic E-state index is 12.5. The lowest BCUT2D eigenvalue weighted by Gasteiger charge is -2.05. The van der Waals surface area contributed by atoms with Crippen LogP contribution in [0.15, 0.2) is 87.4 Å². The van der Waals surface area contributed by atoms with Crippen LogP contribution >= 0.6 is 0 Å². The number of non-ortho nitro benzene ring substituents is 1. The first-order valence-corrected chi connectivity index (χ1v) is 10.9. The van der Waals surface area contributed by atoms with E-state index < -0.39 is 10.9 Å². The van der Waals surface area contributed by atoms with Crippen LogP contribution < -0.4 is 0 Å². The molecule has 0 spiro atoms. The van der Waals surface area contributed by atoms with Gasteiger partial charge in [-0.2, -0.15) is 9.98 Å². The molecule has 0 saturated heterocycles. The molecule has 35 heavy (non-hydrogen) atoms. The maximum Gasteiger partial charge on any atom is 0.357 e. The van der Waals surface area contributed by atoms with Gasteiger partial charge in [-0.3, -0.25) is 15.1 Å². The molecule has 0 radical (unpaired) electrons. The molecule has 8 nitrogen and oxygen atoms in total. The summed E-state index contributed by atoms with van der Waals surface area (Å²) in [5, 5.41) is 10.8. The molecule has 0 bridgehead atoms. The Bertz CT molecular complexity index is 1330. The van der Waals surface area contributed by atoms with E-state index in [0.717, 1.165) is 22.3 Å². The van der Waals surface area contributed by atoms with Crippen molar-refractivity contribution in [1.82, 2.24) is 0 Å². The van der Waals surface area contributed by atoms with Crippen LogP contribution in [0.25, 0.3) is 6.08 Å². The average molecular weight is 469 g/mol. The highest BCUT2D eigenvalue weighted by Gasteiger charge is 2.11. The highest BCUT2D eigenvalue weighted by atomic mass is 16.6. The van der Waals surface area contributed by atoms with Gasteiger partial charge < -0.3 is 4.74 Å². The van der Waals surface area contributed by atoms with E-state index in [2.05, 4.69) is 21.0 Å². The molecule has 0 heterocycles. The minimum atomic E-state index is -0.585. The van der Waals surface area contributed by atoms with Crippen LogP contribution in [0.4, 0.5) is 17.1 Å². The predicted octanol–water partition coefficient (Wildman–Crippen LogP) is 6.37. The molecule has 3 aromatic rings. The summed E-state index contributed by atoms with van der Waals surface area (Å²) in [6, 6.07) is 21.7. The van der Waals surface area contributed by atoms with Crippen LogP contribution in [-0.4, -0.2) is 29.7 Å². The molecule has 0 aromatic heterocycles. The van der Waals surface area contributed by atoms with Crippen LogP contribution in [0, 0.1) is 24.0 Å². The van der Waals surface area contributed by atoms with Gasteiger partial charge in [0.2, 0.25) is 0 Å². The molecule has 0 aliphatic carbocycles. The number of benzene rings is 3. The zero-order chi connectivity index (χ0) is 25.2. The molecule has 0 aliphatic heterocycles. The van der Waals surface area contributed by atoms with Gasteiger partial charge in [0, 0.05) is 18.3 Å². The maximum absolute atomic E-state index is 12.5. The van der Waals surface area contributed by atoms with E-state index in [1.165, 1.54) is 12.1 Å². The predicted molar refractivity (Wildman–Crippen MR) is 137 cm³/mol. The second kappa shape index (κ2) is 12.0. The third-order valence-corrected chi connectivity index (χ3v) is 4.89. The van der Waals surface area contributed by atoms with E-state index in [4.69, 9.17) is 4.74 Å². The van der Waals surface area contributed by atoms with Crippen molar-refractivity contribution >= 4 is 41.3 Å². The van der Waals surface area contributed by atoms with E-state index in [1.807, 2.05) is 56.3 Å². The van der Waals surface area contributed by atoms with Crippen LogP contribution in [-0.2, 0) is 9.53 Å². The van der Waals surface area contributed by atoms with E-state index in [-0.39, 0.29) is 18.0 Å². The first-order valence-electron chi connectivity index (χ1n) is 10.9. The van der Waals surface area contributed by atoms with Crippen LogP contribution in [0.3, 0.4) is 0 Å². The number of carbonyl (C=O) groups is 1. The Morgan fingerprint density at radius 2 is 1.71 bits per heavy atom. The van der Waals surface area contributed by atoms with Crippen molar-refractivity contribution in [3.63, 3.8) is 0 Å². The lowest BCUT2D eigenvalue weighted by molar-refractivity contribution is -0.384. The summed E-state index contributed by atoms with van der Waals surface area (Å²) >= 11 is 0. The van der Waals surface area contributed by atoms with E-state index in [9.17, 15) is 14.9 Å². The SMILES string of the molecule is CCOC(=O)/C(=C/c1cc(N=Cc2ccc([N+](=O)[O-])cc2)ccc1C)N=C=Nc1ccc(C)cc1. The third-order valence-electron chi connectivity index (χ3n) is 4.89. The highest BCUT2D eigenvalue weighted by molar-refractivity contribution is 5.95. The molecule has 0 unspecified atom stereocenters. The van der Waals surface area contributed by atoms with Gasteiger partial charge in [-0.1, -0.05) is 23.8 Å². The van der Waals surface area contributed by atoms with E-state index in [0.29, 0.717) is 11.4 Å². The smallest absolute Gasteiger partial charge is 0.357 e. The summed E-state index contributed by atoms with van der Waals surface area (Å²) in [5.41, 5.74) is 4.85. The normalized spacial score (nSPS) is 11.1. The van der Waals surface area contributed by atoms with Crippen LogP contribution in [0.5, 0.6) is 0 Å². The van der Waals surface area contributed by atoms with Crippen molar-refractivity contribution in [3.8, 4) is 0 Å². The molecule has 176 valence electrons. The number of nitro benzene ring substituents is 1. The number of esters is 1. The van der Waals surface area contributed by atoms with Crippen molar-refractivity contribution in [2.75, 3.05) is 6.61 Å².